The molecule has 1 aromatic heterocycles. The number of benzene rings is 1. The molecule has 8 heteroatoms. The maximum atomic E-state index is 12.6. The molecule has 3 rings (SSSR count). The van der Waals surface area contributed by atoms with Crippen LogP contribution in [0.15, 0.2) is 36.5 Å². The summed E-state index contributed by atoms with van der Waals surface area (Å²) >= 11 is 12.0. The molecular formula is C18H18Cl2N4O2. The summed E-state index contributed by atoms with van der Waals surface area (Å²) in [6.07, 6.45) is 1.53. The SMILES string of the molecule is CC(=O)N1CCN(C(=O)c2ccc(Nc3ccc(Cl)cc3Cl)nc2)CC1. The number of aromatic nitrogens is 1. The third-order valence-corrected chi connectivity index (χ3v) is 4.76. The molecule has 0 atom stereocenters. The highest BCUT2D eigenvalue weighted by Gasteiger charge is 2.23. The van der Waals surface area contributed by atoms with Gasteiger partial charge in [0, 0.05) is 44.3 Å². The third-order valence-electron chi connectivity index (χ3n) is 4.22. The Balaban J connectivity index is 1.64. The normalized spacial score (nSPS) is 14.3. The van der Waals surface area contributed by atoms with Gasteiger partial charge >= 0.3 is 0 Å². The van der Waals surface area contributed by atoms with Gasteiger partial charge in [-0.05, 0) is 30.3 Å². The Morgan fingerprint density at radius 3 is 2.31 bits per heavy atom. The monoisotopic (exact) mass is 392 g/mol. The average molecular weight is 393 g/mol. The van der Waals surface area contributed by atoms with E-state index in [1.165, 1.54) is 6.20 Å². The number of rotatable bonds is 3. The zero-order valence-electron chi connectivity index (χ0n) is 14.2. The van der Waals surface area contributed by atoms with E-state index in [1.807, 2.05) is 0 Å². The van der Waals surface area contributed by atoms with Crippen molar-refractivity contribution >= 4 is 46.5 Å². The number of halogens is 2. The van der Waals surface area contributed by atoms with Crippen LogP contribution < -0.4 is 5.32 Å². The van der Waals surface area contributed by atoms with Crippen LogP contribution in [0.5, 0.6) is 0 Å². The first-order chi connectivity index (χ1) is 12.4. The Kier molecular flexibility index (Phi) is 5.64. The average Bonchev–Trinajstić information content (AvgIpc) is 2.64. The second-order valence-corrected chi connectivity index (χ2v) is 6.82. The summed E-state index contributed by atoms with van der Waals surface area (Å²) in [7, 11) is 0. The van der Waals surface area contributed by atoms with E-state index in [0.717, 1.165) is 0 Å². The number of nitrogens with zero attached hydrogens (tertiary/aromatic N) is 3. The van der Waals surface area contributed by atoms with Crippen molar-refractivity contribution in [1.82, 2.24) is 14.8 Å². The van der Waals surface area contributed by atoms with Crippen LogP contribution in [0.3, 0.4) is 0 Å². The van der Waals surface area contributed by atoms with Crippen molar-refractivity contribution in [2.75, 3.05) is 31.5 Å². The minimum Gasteiger partial charge on any atom is -0.339 e. The molecule has 0 radical (unpaired) electrons. The van der Waals surface area contributed by atoms with E-state index in [0.29, 0.717) is 53.3 Å². The van der Waals surface area contributed by atoms with Gasteiger partial charge in [-0.2, -0.15) is 0 Å². The summed E-state index contributed by atoms with van der Waals surface area (Å²) in [5, 5.41) is 4.14. The van der Waals surface area contributed by atoms with E-state index in [1.54, 1.807) is 47.1 Å². The summed E-state index contributed by atoms with van der Waals surface area (Å²) in [6, 6.07) is 8.58. The lowest BCUT2D eigenvalue weighted by Gasteiger charge is -2.34. The second kappa shape index (κ2) is 7.93. The lowest BCUT2D eigenvalue weighted by Crippen LogP contribution is -2.50. The molecule has 6 nitrogen and oxygen atoms in total. The van der Waals surface area contributed by atoms with Crippen LogP contribution in [0.2, 0.25) is 10.0 Å². The number of anilines is 2. The first-order valence-corrected chi connectivity index (χ1v) is 8.92. The van der Waals surface area contributed by atoms with E-state index in [-0.39, 0.29) is 11.8 Å². The summed E-state index contributed by atoms with van der Waals surface area (Å²) in [6.45, 7) is 3.71. The van der Waals surface area contributed by atoms with Crippen molar-refractivity contribution < 1.29 is 9.59 Å². The predicted molar refractivity (Wildman–Crippen MR) is 102 cm³/mol. The van der Waals surface area contributed by atoms with Crippen molar-refractivity contribution in [3.63, 3.8) is 0 Å². The molecule has 1 saturated heterocycles. The molecule has 0 unspecified atom stereocenters. The molecule has 1 aliphatic rings. The van der Waals surface area contributed by atoms with Crippen molar-refractivity contribution in [3.05, 3.63) is 52.1 Å². The van der Waals surface area contributed by atoms with Crippen LogP contribution in [0.1, 0.15) is 17.3 Å². The lowest BCUT2D eigenvalue weighted by atomic mass is 10.2. The van der Waals surface area contributed by atoms with Gasteiger partial charge in [-0.1, -0.05) is 23.2 Å². The summed E-state index contributed by atoms with van der Waals surface area (Å²) < 4.78 is 0. The Bertz CT molecular complexity index is 818. The van der Waals surface area contributed by atoms with Gasteiger partial charge in [-0.25, -0.2) is 4.98 Å². The number of carbonyl (C=O) groups excluding carboxylic acids is 2. The molecule has 2 heterocycles. The Morgan fingerprint density at radius 2 is 1.73 bits per heavy atom. The second-order valence-electron chi connectivity index (χ2n) is 5.98. The third kappa shape index (κ3) is 4.26. The highest BCUT2D eigenvalue weighted by Crippen LogP contribution is 2.27. The highest BCUT2D eigenvalue weighted by atomic mass is 35.5. The maximum absolute atomic E-state index is 12.6. The first-order valence-electron chi connectivity index (χ1n) is 8.17. The number of amides is 2. The summed E-state index contributed by atoms with van der Waals surface area (Å²) in [4.78, 5) is 31.7. The fourth-order valence-corrected chi connectivity index (χ4v) is 3.19. The van der Waals surface area contributed by atoms with Crippen LogP contribution in [-0.4, -0.2) is 52.8 Å². The molecule has 26 heavy (non-hydrogen) atoms. The van der Waals surface area contributed by atoms with Gasteiger partial charge in [-0.15, -0.1) is 0 Å². The molecule has 0 spiro atoms. The minimum atomic E-state index is -0.0863. The Hall–Kier alpha value is -2.31. The summed E-state index contributed by atoms with van der Waals surface area (Å²) in [5.74, 6) is 0.527. The van der Waals surface area contributed by atoms with Gasteiger partial charge in [0.1, 0.15) is 5.82 Å². The molecule has 0 saturated carbocycles. The highest BCUT2D eigenvalue weighted by molar-refractivity contribution is 6.36. The van der Waals surface area contributed by atoms with E-state index in [2.05, 4.69) is 10.3 Å². The molecule has 0 aliphatic carbocycles. The zero-order valence-corrected chi connectivity index (χ0v) is 15.7. The number of carbonyl (C=O) groups is 2. The maximum Gasteiger partial charge on any atom is 0.255 e. The number of hydrogen-bond donors (Lipinski definition) is 1. The van der Waals surface area contributed by atoms with Gasteiger partial charge in [0.25, 0.3) is 5.91 Å². The number of hydrogen-bond acceptors (Lipinski definition) is 4. The zero-order chi connectivity index (χ0) is 18.7. The topological polar surface area (TPSA) is 65.5 Å². The molecular weight excluding hydrogens is 375 g/mol. The van der Waals surface area contributed by atoms with E-state index < -0.39 is 0 Å². The molecule has 1 fully saturated rings. The number of nitrogens with one attached hydrogen (secondary N) is 1. The lowest BCUT2D eigenvalue weighted by molar-refractivity contribution is -0.130. The van der Waals surface area contributed by atoms with E-state index in [9.17, 15) is 9.59 Å². The smallest absolute Gasteiger partial charge is 0.255 e. The predicted octanol–water partition coefficient (Wildman–Crippen LogP) is 3.44. The molecule has 0 bridgehead atoms. The number of pyridine rings is 1. The van der Waals surface area contributed by atoms with E-state index >= 15 is 0 Å². The standard InChI is InChI=1S/C18H18Cl2N4O2/c1-12(25)23-6-8-24(9-7-23)18(26)13-2-5-17(21-11-13)22-16-4-3-14(19)10-15(16)20/h2-5,10-11H,6-9H2,1H3,(H,21,22). The van der Waals surface area contributed by atoms with E-state index in [4.69, 9.17) is 23.2 Å². The molecule has 1 aliphatic heterocycles. The quantitative estimate of drug-likeness (QED) is 0.868. The number of piperazine rings is 1. The largest absolute Gasteiger partial charge is 0.339 e. The van der Waals surface area contributed by atoms with Gasteiger partial charge in [0.2, 0.25) is 5.91 Å². The Morgan fingerprint density at radius 1 is 1.04 bits per heavy atom. The van der Waals surface area contributed by atoms with Gasteiger partial charge in [0.05, 0.1) is 16.3 Å². The molecule has 2 amide bonds. The van der Waals surface area contributed by atoms with Gasteiger partial charge in [0.15, 0.2) is 0 Å². The fourth-order valence-electron chi connectivity index (χ4n) is 2.73. The molecule has 2 aromatic rings. The molecule has 1 aromatic carbocycles. The van der Waals surface area contributed by atoms with Gasteiger partial charge < -0.3 is 15.1 Å². The van der Waals surface area contributed by atoms with Crippen LogP contribution in [0, 0.1) is 0 Å². The molecule has 136 valence electrons. The Labute approximate surface area is 161 Å². The van der Waals surface area contributed by atoms with Crippen molar-refractivity contribution in [3.8, 4) is 0 Å². The van der Waals surface area contributed by atoms with Crippen LogP contribution in [-0.2, 0) is 4.79 Å². The van der Waals surface area contributed by atoms with Crippen LogP contribution >= 0.6 is 23.2 Å². The van der Waals surface area contributed by atoms with Crippen molar-refractivity contribution in [1.29, 1.82) is 0 Å². The van der Waals surface area contributed by atoms with Crippen molar-refractivity contribution in [2.45, 2.75) is 6.92 Å². The fraction of sp³-hybridized carbons (Fsp3) is 0.278. The molecule has 1 N–H and O–H groups in total. The summed E-state index contributed by atoms with van der Waals surface area (Å²) in [5.41, 5.74) is 1.19. The van der Waals surface area contributed by atoms with Crippen molar-refractivity contribution in [2.24, 2.45) is 0 Å². The van der Waals surface area contributed by atoms with Crippen LogP contribution in [0.4, 0.5) is 11.5 Å². The minimum absolute atomic E-state index is 0.0371. The van der Waals surface area contributed by atoms with Crippen LogP contribution in [0.25, 0.3) is 0 Å². The first kappa shape index (κ1) is 18.5. The van der Waals surface area contributed by atoms with Gasteiger partial charge in [-0.3, -0.25) is 9.59 Å².